The van der Waals surface area contributed by atoms with E-state index in [2.05, 4.69) is 43.6 Å². The molecule has 3 aliphatic rings. The molecular weight excluding hydrogens is 523 g/mol. The van der Waals surface area contributed by atoms with Crippen LogP contribution in [0.3, 0.4) is 0 Å². The maximum atomic E-state index is 15.1. The number of nitrogens with zero attached hydrogens (tertiary/aromatic N) is 7. The Bertz CT molecular complexity index is 1600. The van der Waals surface area contributed by atoms with Crippen molar-refractivity contribution < 1.29 is 14.3 Å². The summed E-state index contributed by atoms with van der Waals surface area (Å²) in [6, 6.07) is 7.80. The van der Waals surface area contributed by atoms with Crippen LogP contribution in [0.4, 0.5) is 16.2 Å². The highest BCUT2D eigenvalue weighted by atomic mass is 19.1. The number of hydrogen-bond donors (Lipinski definition) is 2. The monoisotopic (exact) mass is 559 g/mol. The van der Waals surface area contributed by atoms with Crippen LogP contribution in [-0.4, -0.2) is 80.3 Å². The summed E-state index contributed by atoms with van der Waals surface area (Å²) in [6.07, 6.45) is 6.38. The van der Waals surface area contributed by atoms with Crippen molar-refractivity contribution in [2.75, 3.05) is 38.1 Å². The summed E-state index contributed by atoms with van der Waals surface area (Å²) in [6.45, 7) is 9.47. The maximum Gasteiger partial charge on any atom is 0.248 e. The number of pyridine rings is 1. The highest BCUT2D eigenvalue weighted by Gasteiger charge is 2.43. The van der Waals surface area contributed by atoms with Gasteiger partial charge in [-0.25, -0.2) is 28.9 Å². The van der Waals surface area contributed by atoms with Crippen LogP contribution in [0.2, 0.25) is 0 Å². The predicted molar refractivity (Wildman–Crippen MR) is 152 cm³/mol. The molecule has 1 atom stereocenters. The number of amides is 1. The van der Waals surface area contributed by atoms with Crippen molar-refractivity contribution >= 4 is 17.7 Å². The summed E-state index contributed by atoms with van der Waals surface area (Å²) >= 11 is 0. The van der Waals surface area contributed by atoms with Gasteiger partial charge in [0, 0.05) is 77.2 Å². The van der Waals surface area contributed by atoms with Gasteiger partial charge in [-0.15, -0.1) is 0 Å². The molecule has 0 aliphatic carbocycles. The Kier molecular flexibility index (Phi) is 7.25. The minimum absolute atomic E-state index is 0.0230. The molecule has 214 valence electrons. The molecule has 2 aromatic heterocycles. The Morgan fingerprint density at radius 2 is 1.98 bits per heavy atom. The van der Waals surface area contributed by atoms with Gasteiger partial charge in [0.05, 0.1) is 6.20 Å². The molecule has 2 fully saturated rings. The van der Waals surface area contributed by atoms with E-state index in [9.17, 15) is 4.79 Å². The number of piperazine rings is 1. The van der Waals surface area contributed by atoms with Crippen LogP contribution < -0.4 is 20.6 Å². The third-order valence-corrected chi connectivity index (χ3v) is 8.37. The number of aliphatic hydroxyl groups is 1. The van der Waals surface area contributed by atoms with Gasteiger partial charge in [-0.3, -0.25) is 9.69 Å². The van der Waals surface area contributed by atoms with E-state index in [4.69, 9.17) is 10.1 Å². The van der Waals surface area contributed by atoms with Gasteiger partial charge in [0.2, 0.25) is 23.4 Å². The first kappa shape index (κ1) is 27.3. The molecule has 2 N–H and O–H groups in total. The van der Waals surface area contributed by atoms with Crippen LogP contribution >= 0.6 is 0 Å². The first-order valence-corrected chi connectivity index (χ1v) is 14.2. The largest absolute Gasteiger partial charge is 0.387 e. The summed E-state index contributed by atoms with van der Waals surface area (Å²) in [7, 11) is 0. The van der Waals surface area contributed by atoms with Crippen LogP contribution in [-0.2, 0) is 11.3 Å². The lowest BCUT2D eigenvalue weighted by molar-refractivity contribution is -0.136. The molecule has 0 bridgehead atoms. The normalized spacial score (nSPS) is 19.9. The molecule has 1 unspecified atom stereocenters. The summed E-state index contributed by atoms with van der Waals surface area (Å²) < 4.78 is 17.5. The van der Waals surface area contributed by atoms with Gasteiger partial charge in [0.15, 0.2) is 11.4 Å². The Balaban J connectivity index is 1.19. The van der Waals surface area contributed by atoms with Crippen molar-refractivity contribution in [2.24, 2.45) is 4.99 Å². The lowest BCUT2D eigenvalue weighted by Crippen LogP contribution is -2.53. The van der Waals surface area contributed by atoms with Gasteiger partial charge in [-0.2, -0.15) is 0 Å². The van der Waals surface area contributed by atoms with Gasteiger partial charge in [0.1, 0.15) is 23.5 Å². The van der Waals surface area contributed by atoms with Gasteiger partial charge < -0.3 is 15.3 Å². The molecule has 0 saturated carbocycles. The lowest BCUT2D eigenvalue weighted by atomic mass is 9.90. The second-order valence-corrected chi connectivity index (χ2v) is 11.7. The fraction of sp³-hybridized carbons (Fsp3) is 0.467. The van der Waals surface area contributed by atoms with Crippen LogP contribution in [0, 0.1) is 12.7 Å². The molecule has 3 aliphatic heterocycles. The molecule has 1 aromatic carbocycles. The van der Waals surface area contributed by atoms with Crippen LogP contribution in [0.1, 0.15) is 44.2 Å². The number of halogens is 1. The zero-order valence-corrected chi connectivity index (χ0v) is 23.8. The summed E-state index contributed by atoms with van der Waals surface area (Å²) in [4.78, 5) is 33.8. The van der Waals surface area contributed by atoms with E-state index in [1.165, 1.54) is 6.20 Å². The van der Waals surface area contributed by atoms with Crippen molar-refractivity contribution in [1.82, 2.24) is 29.3 Å². The summed E-state index contributed by atoms with van der Waals surface area (Å²) in [5.74, 6) is 0.120. The number of aromatic nitrogens is 3. The predicted octanol–water partition coefficient (Wildman–Crippen LogP) is 1.78. The number of nitrogens with one attached hydrogen (secondary N) is 1. The number of rotatable bonds is 6. The Labute approximate surface area is 238 Å². The Morgan fingerprint density at radius 3 is 2.71 bits per heavy atom. The average molecular weight is 560 g/mol. The molecule has 6 rings (SSSR count). The second kappa shape index (κ2) is 10.9. The minimum atomic E-state index is -0.483. The quantitative estimate of drug-likeness (QED) is 0.443. The smallest absolute Gasteiger partial charge is 0.248 e. The zero-order chi connectivity index (χ0) is 28.7. The van der Waals surface area contributed by atoms with E-state index in [1.54, 1.807) is 11.1 Å². The zero-order valence-electron chi connectivity index (χ0n) is 23.8. The number of piperidine rings is 1. The minimum Gasteiger partial charge on any atom is -0.387 e. The average Bonchev–Trinajstić information content (AvgIpc) is 3.36. The van der Waals surface area contributed by atoms with Gasteiger partial charge in [0.25, 0.3) is 0 Å². The molecule has 2 saturated heterocycles. The number of hydrogen-bond acceptors (Lipinski definition) is 8. The number of carbonyl (C=O) groups is 1. The van der Waals surface area contributed by atoms with Gasteiger partial charge in [-0.05, 0) is 36.6 Å². The first-order valence-electron chi connectivity index (χ1n) is 14.2. The number of anilines is 2. The van der Waals surface area contributed by atoms with Crippen LogP contribution in [0.15, 0.2) is 41.7 Å². The fourth-order valence-corrected chi connectivity index (χ4v) is 6.23. The Morgan fingerprint density at radius 1 is 1.17 bits per heavy atom. The third kappa shape index (κ3) is 5.43. The molecule has 0 spiro atoms. The number of benzene rings is 1. The second-order valence-electron chi connectivity index (χ2n) is 11.7. The van der Waals surface area contributed by atoms with Crippen molar-refractivity contribution in [3.05, 3.63) is 64.3 Å². The SMILES string of the molecule is Cc1cc(-c2nc(Nc3ccc(CN4CCN(C(=O)CO)CC4)cn3)ncc2F)cc2c1=NC1CCCC(C)(C)[N+]=21. The number of aliphatic hydroxyl groups excluding tert-OH is 1. The van der Waals surface area contributed by atoms with Crippen molar-refractivity contribution in [2.45, 2.75) is 58.3 Å². The molecule has 3 aromatic rings. The molecule has 11 heteroatoms. The first-order chi connectivity index (χ1) is 19.7. The van der Waals surface area contributed by atoms with Crippen LogP contribution in [0.25, 0.3) is 11.3 Å². The highest BCUT2D eigenvalue weighted by Crippen LogP contribution is 2.28. The summed E-state index contributed by atoms with van der Waals surface area (Å²) in [5, 5.41) is 14.2. The van der Waals surface area contributed by atoms with E-state index in [-0.39, 0.29) is 29.3 Å². The molecule has 0 radical (unpaired) electrons. The molecule has 10 nitrogen and oxygen atoms in total. The number of aryl methyl sites for hydroxylation is 1. The van der Waals surface area contributed by atoms with E-state index in [0.29, 0.717) is 31.0 Å². The standard InChI is InChI=1S/C30H36FN8O2/c1-19-13-21(14-23-27(19)35-25-5-4-8-30(2,3)39(23)25)28-22(31)16-33-29(36-28)34-24-7-6-20(15-32-24)17-37-9-11-38(12-10-37)26(41)18-40/h6-7,13-16,25,40H,4-5,8-12,17-18H2,1-3H3,(H,32,33,34,36)/q+1. The number of fused-ring (bicyclic) bond motifs is 2. The van der Waals surface area contributed by atoms with E-state index in [1.807, 2.05) is 31.2 Å². The van der Waals surface area contributed by atoms with Gasteiger partial charge >= 0.3 is 0 Å². The molecule has 41 heavy (non-hydrogen) atoms. The lowest BCUT2D eigenvalue weighted by Gasteiger charge is -2.34. The summed E-state index contributed by atoms with van der Waals surface area (Å²) in [5.41, 5.74) is 2.96. The van der Waals surface area contributed by atoms with Crippen molar-refractivity contribution in [3.8, 4) is 11.3 Å². The number of carbonyl (C=O) groups excluding carboxylic acids is 1. The Hall–Kier alpha value is -3.83. The maximum absolute atomic E-state index is 15.1. The van der Waals surface area contributed by atoms with Crippen LogP contribution in [0.5, 0.6) is 0 Å². The topological polar surface area (TPSA) is 110 Å². The highest BCUT2D eigenvalue weighted by molar-refractivity contribution is 5.77. The van der Waals surface area contributed by atoms with E-state index in [0.717, 1.165) is 54.2 Å². The van der Waals surface area contributed by atoms with Gasteiger partial charge in [-0.1, -0.05) is 6.07 Å². The molecule has 5 heterocycles. The van der Waals surface area contributed by atoms with Crippen molar-refractivity contribution in [3.63, 3.8) is 0 Å². The van der Waals surface area contributed by atoms with E-state index >= 15 is 4.39 Å². The molecule has 1 amide bonds. The third-order valence-electron chi connectivity index (χ3n) is 8.37. The van der Waals surface area contributed by atoms with Crippen molar-refractivity contribution in [1.29, 1.82) is 0 Å². The van der Waals surface area contributed by atoms with E-state index < -0.39 is 12.4 Å². The fourth-order valence-electron chi connectivity index (χ4n) is 6.23. The molecular formula is C30H36FN8O2+.